The number of benzene rings is 2. The molecule has 0 saturated carbocycles. The van der Waals surface area contributed by atoms with Crippen molar-refractivity contribution in [1.29, 1.82) is 0 Å². The molecule has 0 aliphatic carbocycles. The van der Waals surface area contributed by atoms with Crippen LogP contribution in [-0.2, 0) is 6.42 Å². The number of furan rings is 1. The first-order valence-corrected chi connectivity index (χ1v) is 14.0. The van der Waals surface area contributed by atoms with E-state index in [1.807, 2.05) is 0 Å². The van der Waals surface area contributed by atoms with Gasteiger partial charge in [-0.05, 0) is 48.7 Å². The van der Waals surface area contributed by atoms with Crippen LogP contribution < -0.4 is 24.7 Å². The van der Waals surface area contributed by atoms with E-state index in [1.165, 1.54) is 37.4 Å². The lowest BCUT2D eigenvalue weighted by Gasteiger charge is -2.31. The van der Waals surface area contributed by atoms with Crippen LogP contribution in [0.4, 0.5) is 5.69 Å². The van der Waals surface area contributed by atoms with Gasteiger partial charge in [-0.3, -0.25) is 4.79 Å². The maximum Gasteiger partial charge on any atom is 0.291 e. The summed E-state index contributed by atoms with van der Waals surface area (Å²) >= 11 is 0. The van der Waals surface area contributed by atoms with Crippen LogP contribution in [0.1, 0.15) is 28.1 Å². The van der Waals surface area contributed by atoms with Crippen LogP contribution in [0, 0.1) is 6.92 Å². The summed E-state index contributed by atoms with van der Waals surface area (Å²) in [6, 6.07) is 14.3. The van der Waals surface area contributed by atoms with E-state index < -0.39 is 14.0 Å². The van der Waals surface area contributed by atoms with Crippen LogP contribution in [0.15, 0.2) is 46.9 Å². The van der Waals surface area contributed by atoms with Gasteiger partial charge in [-0.25, -0.2) is 0 Å². The summed E-state index contributed by atoms with van der Waals surface area (Å²) in [7, 11) is 1.70. The zero-order chi connectivity index (χ0) is 22.9. The van der Waals surface area contributed by atoms with Crippen molar-refractivity contribution in [3.63, 3.8) is 0 Å². The van der Waals surface area contributed by atoms with Gasteiger partial charge in [0.15, 0.2) is 5.76 Å². The summed E-state index contributed by atoms with van der Waals surface area (Å²) in [4.78, 5) is 12.8. The number of carbonyl (C=O) groups is 1. The molecular formula is C25H29NO5Si. The second-order valence-electron chi connectivity index (χ2n) is 8.72. The molecule has 0 fully saturated rings. The van der Waals surface area contributed by atoms with Crippen molar-refractivity contribution in [3.05, 3.63) is 59.4 Å². The SMILES string of the molecule is COc1cccc(OC)c1NC(=O)c1ccc(Oc2cc3c(cc2C)[Si](C)(C)CCC3)o1. The Hall–Kier alpha value is -3.19. The smallest absolute Gasteiger partial charge is 0.291 e. The van der Waals surface area contributed by atoms with Gasteiger partial charge in [0, 0.05) is 6.07 Å². The fraction of sp³-hybridized carbons (Fsp3) is 0.320. The maximum atomic E-state index is 12.8. The normalized spacial score (nSPS) is 14.4. The van der Waals surface area contributed by atoms with Crippen molar-refractivity contribution in [1.82, 2.24) is 0 Å². The van der Waals surface area contributed by atoms with Crippen molar-refractivity contribution in [3.8, 4) is 23.2 Å². The molecule has 1 N–H and O–H groups in total. The molecule has 1 aliphatic rings. The van der Waals surface area contributed by atoms with E-state index in [1.54, 1.807) is 30.3 Å². The Balaban J connectivity index is 1.54. The maximum absolute atomic E-state index is 12.8. The number of nitrogens with one attached hydrogen (secondary N) is 1. The van der Waals surface area contributed by atoms with Crippen LogP contribution in [0.3, 0.4) is 0 Å². The molecule has 32 heavy (non-hydrogen) atoms. The lowest BCUT2D eigenvalue weighted by atomic mass is 10.1. The van der Waals surface area contributed by atoms with Gasteiger partial charge < -0.3 is 23.9 Å². The van der Waals surface area contributed by atoms with E-state index in [-0.39, 0.29) is 11.7 Å². The summed E-state index contributed by atoms with van der Waals surface area (Å²) < 4.78 is 22.4. The van der Waals surface area contributed by atoms with Crippen LogP contribution in [0.25, 0.3) is 0 Å². The number of hydrogen-bond acceptors (Lipinski definition) is 5. The minimum absolute atomic E-state index is 0.136. The number of rotatable bonds is 6. The fourth-order valence-electron chi connectivity index (χ4n) is 4.29. The second-order valence-corrected chi connectivity index (χ2v) is 13.5. The Morgan fingerprint density at radius 3 is 2.44 bits per heavy atom. The molecule has 0 atom stereocenters. The molecular weight excluding hydrogens is 422 g/mol. The fourth-order valence-corrected chi connectivity index (χ4v) is 7.29. The number of amides is 1. The molecule has 7 heteroatoms. The number of para-hydroxylation sites is 1. The van der Waals surface area contributed by atoms with Gasteiger partial charge in [0.25, 0.3) is 11.9 Å². The largest absolute Gasteiger partial charge is 0.494 e. The Kier molecular flexibility index (Phi) is 6.02. The van der Waals surface area contributed by atoms with Gasteiger partial charge in [-0.1, -0.05) is 42.9 Å². The summed E-state index contributed by atoms with van der Waals surface area (Å²) in [5.74, 6) is 1.75. The zero-order valence-corrected chi connectivity index (χ0v) is 20.2. The molecule has 2 heterocycles. The van der Waals surface area contributed by atoms with Crippen LogP contribution >= 0.6 is 0 Å². The number of hydrogen-bond donors (Lipinski definition) is 1. The van der Waals surface area contributed by atoms with Crippen LogP contribution in [-0.4, -0.2) is 28.2 Å². The summed E-state index contributed by atoms with van der Waals surface area (Å²) in [5.41, 5.74) is 2.90. The Labute approximate surface area is 189 Å². The van der Waals surface area contributed by atoms with E-state index >= 15 is 0 Å². The highest BCUT2D eigenvalue weighted by Gasteiger charge is 2.30. The highest BCUT2D eigenvalue weighted by Crippen LogP contribution is 2.35. The molecule has 6 nitrogen and oxygen atoms in total. The molecule has 4 rings (SSSR count). The van der Waals surface area contributed by atoms with E-state index in [4.69, 9.17) is 18.6 Å². The molecule has 168 valence electrons. The highest BCUT2D eigenvalue weighted by atomic mass is 28.3. The van der Waals surface area contributed by atoms with Gasteiger partial charge in [-0.15, -0.1) is 0 Å². The number of aryl methyl sites for hydroxylation is 2. The van der Waals surface area contributed by atoms with E-state index in [0.717, 1.165) is 17.7 Å². The van der Waals surface area contributed by atoms with Gasteiger partial charge in [0.1, 0.15) is 22.9 Å². The first kappa shape index (κ1) is 22.0. The van der Waals surface area contributed by atoms with Crippen molar-refractivity contribution < 1.29 is 23.4 Å². The van der Waals surface area contributed by atoms with E-state index in [0.29, 0.717) is 17.2 Å². The molecule has 0 saturated heterocycles. The average Bonchev–Trinajstić information content (AvgIpc) is 3.23. The summed E-state index contributed by atoms with van der Waals surface area (Å²) in [5, 5.41) is 4.33. The van der Waals surface area contributed by atoms with Gasteiger partial charge in [-0.2, -0.15) is 0 Å². The average molecular weight is 452 g/mol. The monoisotopic (exact) mass is 451 g/mol. The quantitative estimate of drug-likeness (QED) is 0.500. The summed E-state index contributed by atoms with van der Waals surface area (Å²) in [6.45, 7) is 6.91. The van der Waals surface area contributed by atoms with Crippen molar-refractivity contribution in [2.75, 3.05) is 19.5 Å². The third kappa shape index (κ3) is 4.25. The minimum atomic E-state index is -1.37. The first-order valence-electron chi connectivity index (χ1n) is 10.8. The standard InChI is InChI=1S/C25H29NO5Si/c1-16-14-22-17(8-7-13-32(22,4)5)15-21(16)31-23-12-11-20(30-23)25(27)26-24-18(28-2)9-6-10-19(24)29-3/h6,9-12,14-15H,7-8,13H2,1-5H3,(H,26,27). The predicted molar refractivity (Wildman–Crippen MR) is 128 cm³/mol. The first-order chi connectivity index (χ1) is 15.3. The number of anilines is 1. The van der Waals surface area contributed by atoms with Crippen LogP contribution in [0.5, 0.6) is 23.2 Å². The van der Waals surface area contributed by atoms with Crippen molar-refractivity contribution in [2.24, 2.45) is 0 Å². The molecule has 0 radical (unpaired) electrons. The van der Waals surface area contributed by atoms with Crippen LogP contribution in [0.2, 0.25) is 19.1 Å². The number of ether oxygens (including phenoxy) is 3. The van der Waals surface area contributed by atoms with Gasteiger partial charge >= 0.3 is 0 Å². The predicted octanol–water partition coefficient (Wildman–Crippen LogP) is 5.51. The Morgan fingerprint density at radius 2 is 1.75 bits per heavy atom. The number of methoxy groups -OCH3 is 2. The molecule has 0 unspecified atom stereocenters. The third-order valence-corrected chi connectivity index (χ3v) is 9.59. The van der Waals surface area contributed by atoms with E-state index in [9.17, 15) is 4.79 Å². The van der Waals surface area contributed by atoms with E-state index in [2.05, 4.69) is 37.5 Å². The molecule has 0 spiro atoms. The lowest BCUT2D eigenvalue weighted by molar-refractivity contribution is 0.0991. The topological polar surface area (TPSA) is 69.9 Å². The minimum Gasteiger partial charge on any atom is -0.494 e. The number of carbonyl (C=O) groups excluding carboxylic acids is 1. The third-order valence-electron chi connectivity index (χ3n) is 6.06. The molecule has 0 bridgehead atoms. The number of fused-ring (bicyclic) bond motifs is 1. The molecule has 3 aromatic rings. The van der Waals surface area contributed by atoms with Gasteiger partial charge in [0.05, 0.1) is 22.3 Å². The lowest BCUT2D eigenvalue weighted by Crippen LogP contribution is -2.46. The summed E-state index contributed by atoms with van der Waals surface area (Å²) in [6.07, 6.45) is 2.31. The molecule has 1 aromatic heterocycles. The highest BCUT2D eigenvalue weighted by molar-refractivity contribution is 6.90. The zero-order valence-electron chi connectivity index (χ0n) is 19.2. The molecule has 1 amide bonds. The molecule has 1 aliphatic heterocycles. The second kappa shape index (κ2) is 8.74. The molecule has 2 aromatic carbocycles. The van der Waals surface area contributed by atoms with Crippen molar-refractivity contribution >= 4 is 24.9 Å². The Bertz CT molecular complexity index is 1130. The Morgan fingerprint density at radius 1 is 1.03 bits per heavy atom. The van der Waals surface area contributed by atoms with Gasteiger partial charge in [0.2, 0.25) is 0 Å². The van der Waals surface area contributed by atoms with Crippen molar-refractivity contribution in [2.45, 2.75) is 38.9 Å².